The smallest absolute Gasteiger partial charge is 0.219 e. The van der Waals surface area contributed by atoms with E-state index in [0.29, 0.717) is 12.5 Å². The average Bonchev–Trinajstić information content (AvgIpc) is 3.01. The van der Waals surface area contributed by atoms with Crippen LogP contribution in [0.4, 0.5) is 0 Å². The number of amides is 1. The maximum Gasteiger partial charge on any atom is 0.219 e. The Labute approximate surface area is 130 Å². The van der Waals surface area contributed by atoms with Crippen LogP contribution in [0.15, 0.2) is 12.1 Å². The molecule has 1 N–H and O–H groups in total. The number of fused-ring (bicyclic) bond motifs is 1. The van der Waals surface area contributed by atoms with E-state index in [-0.39, 0.29) is 17.9 Å². The Bertz CT molecular complexity index is 530. The van der Waals surface area contributed by atoms with Gasteiger partial charge in [-0.1, -0.05) is 0 Å². The summed E-state index contributed by atoms with van der Waals surface area (Å²) in [4.78, 5) is 18.8. The summed E-state index contributed by atoms with van der Waals surface area (Å²) in [7, 11) is 0. The summed E-state index contributed by atoms with van der Waals surface area (Å²) in [6, 6.07) is 4.37. The van der Waals surface area contributed by atoms with Crippen LogP contribution < -0.4 is 0 Å². The number of aliphatic hydroxyl groups is 1. The van der Waals surface area contributed by atoms with E-state index in [9.17, 15) is 9.90 Å². The zero-order chi connectivity index (χ0) is 15.0. The molecule has 2 aliphatic rings. The standard InChI is InChI=1S/C16H24N2O2S/c1-12-3-4-15(21-12)8-17-7-14-5-6-18(13(2)20)10-16(14,9-17)11-19/h3-4,14,19H,5-11H2,1-2H3/t14-,16-/m1/s1. The maximum atomic E-state index is 11.7. The molecular formula is C16H24N2O2S. The number of hydrogen-bond acceptors (Lipinski definition) is 4. The molecule has 2 fully saturated rings. The topological polar surface area (TPSA) is 43.8 Å². The second-order valence-electron chi connectivity index (χ2n) is 6.63. The fraction of sp³-hybridized carbons (Fsp3) is 0.688. The second kappa shape index (κ2) is 5.71. The van der Waals surface area contributed by atoms with Crippen molar-refractivity contribution in [2.45, 2.75) is 26.8 Å². The van der Waals surface area contributed by atoms with Crippen LogP contribution in [-0.4, -0.2) is 53.6 Å². The molecule has 0 unspecified atom stereocenters. The van der Waals surface area contributed by atoms with Crippen LogP contribution in [0.25, 0.3) is 0 Å². The van der Waals surface area contributed by atoms with E-state index in [1.54, 1.807) is 6.92 Å². The van der Waals surface area contributed by atoms with Gasteiger partial charge in [0.05, 0.1) is 6.61 Å². The molecular weight excluding hydrogens is 284 g/mol. The first-order chi connectivity index (χ1) is 10.0. The number of aliphatic hydroxyl groups excluding tert-OH is 1. The Morgan fingerprint density at radius 3 is 2.90 bits per heavy atom. The molecule has 1 amide bonds. The largest absolute Gasteiger partial charge is 0.396 e. The minimum absolute atomic E-state index is 0.115. The summed E-state index contributed by atoms with van der Waals surface area (Å²) < 4.78 is 0. The number of nitrogens with zero attached hydrogens (tertiary/aromatic N) is 2. The fourth-order valence-electron chi connectivity index (χ4n) is 3.90. The van der Waals surface area contributed by atoms with Gasteiger partial charge in [-0.05, 0) is 31.4 Å². The van der Waals surface area contributed by atoms with Gasteiger partial charge < -0.3 is 10.0 Å². The van der Waals surface area contributed by atoms with Crippen LogP contribution >= 0.6 is 11.3 Å². The van der Waals surface area contributed by atoms with Crippen LogP contribution in [0.1, 0.15) is 23.1 Å². The summed E-state index contributed by atoms with van der Waals surface area (Å²) in [5.41, 5.74) is -0.115. The Morgan fingerprint density at radius 1 is 1.48 bits per heavy atom. The highest BCUT2D eigenvalue weighted by atomic mass is 32.1. The van der Waals surface area contributed by atoms with Gasteiger partial charge >= 0.3 is 0 Å². The molecule has 4 nitrogen and oxygen atoms in total. The van der Waals surface area contributed by atoms with Crippen LogP contribution in [0, 0.1) is 18.3 Å². The molecule has 0 aromatic carbocycles. The van der Waals surface area contributed by atoms with Crippen molar-refractivity contribution in [3.05, 3.63) is 21.9 Å². The monoisotopic (exact) mass is 308 g/mol. The summed E-state index contributed by atoms with van der Waals surface area (Å²) in [6.45, 7) is 8.41. The normalized spacial score (nSPS) is 29.7. The van der Waals surface area contributed by atoms with Crippen molar-refractivity contribution in [1.29, 1.82) is 0 Å². The average molecular weight is 308 g/mol. The van der Waals surface area contributed by atoms with Gasteiger partial charge in [-0.25, -0.2) is 0 Å². The minimum Gasteiger partial charge on any atom is -0.396 e. The van der Waals surface area contributed by atoms with E-state index in [4.69, 9.17) is 0 Å². The molecule has 21 heavy (non-hydrogen) atoms. The highest BCUT2D eigenvalue weighted by molar-refractivity contribution is 7.11. The first-order valence-electron chi connectivity index (χ1n) is 7.66. The number of thiophene rings is 1. The lowest BCUT2D eigenvalue weighted by atomic mass is 9.74. The molecule has 0 bridgehead atoms. The lowest BCUT2D eigenvalue weighted by molar-refractivity contribution is -0.134. The molecule has 0 aliphatic carbocycles. The molecule has 1 aromatic heterocycles. The molecule has 116 valence electrons. The quantitative estimate of drug-likeness (QED) is 0.925. The molecule has 5 heteroatoms. The number of carbonyl (C=O) groups is 1. The van der Waals surface area contributed by atoms with Crippen molar-refractivity contribution in [2.24, 2.45) is 11.3 Å². The van der Waals surface area contributed by atoms with E-state index in [1.165, 1.54) is 9.75 Å². The molecule has 3 heterocycles. The number of hydrogen-bond donors (Lipinski definition) is 1. The van der Waals surface area contributed by atoms with Gasteiger partial charge in [0.25, 0.3) is 0 Å². The van der Waals surface area contributed by atoms with Crippen LogP contribution in [0.2, 0.25) is 0 Å². The summed E-state index contributed by atoms with van der Waals surface area (Å²) in [6.07, 6.45) is 1.01. The van der Waals surface area contributed by atoms with Gasteiger partial charge in [-0.3, -0.25) is 9.69 Å². The predicted molar refractivity (Wildman–Crippen MR) is 84.2 cm³/mol. The fourth-order valence-corrected chi connectivity index (χ4v) is 4.83. The summed E-state index contributed by atoms with van der Waals surface area (Å²) in [5.74, 6) is 0.646. The molecule has 2 aliphatic heterocycles. The van der Waals surface area contributed by atoms with Crippen molar-refractivity contribution in [1.82, 2.24) is 9.80 Å². The number of rotatable bonds is 3. The molecule has 2 atom stereocenters. The van der Waals surface area contributed by atoms with Crippen molar-refractivity contribution >= 4 is 17.2 Å². The third-order valence-electron chi connectivity index (χ3n) is 5.07. The SMILES string of the molecule is CC(=O)N1CC[C@@H]2CN(Cc3ccc(C)s3)C[C@]2(CO)C1. The zero-order valence-electron chi connectivity index (χ0n) is 12.8. The second-order valence-corrected chi connectivity index (χ2v) is 8.00. The van der Waals surface area contributed by atoms with E-state index >= 15 is 0 Å². The van der Waals surface area contributed by atoms with Crippen molar-refractivity contribution < 1.29 is 9.90 Å². The highest BCUT2D eigenvalue weighted by Gasteiger charge is 2.49. The van der Waals surface area contributed by atoms with Gasteiger partial charge in [0.15, 0.2) is 0 Å². The molecule has 2 saturated heterocycles. The van der Waals surface area contributed by atoms with E-state index in [0.717, 1.165) is 32.6 Å². The van der Waals surface area contributed by atoms with Crippen molar-refractivity contribution in [3.8, 4) is 0 Å². The first kappa shape index (κ1) is 15.0. The molecule has 3 rings (SSSR count). The van der Waals surface area contributed by atoms with Gasteiger partial charge in [0.2, 0.25) is 5.91 Å². The summed E-state index contributed by atoms with van der Waals surface area (Å²) in [5, 5.41) is 9.98. The lowest BCUT2D eigenvalue weighted by Gasteiger charge is -2.42. The lowest BCUT2D eigenvalue weighted by Crippen LogP contribution is -2.52. The maximum absolute atomic E-state index is 11.7. The number of carbonyl (C=O) groups excluding carboxylic acids is 1. The van der Waals surface area contributed by atoms with Crippen LogP contribution in [0.5, 0.6) is 0 Å². The molecule has 1 aromatic rings. The third kappa shape index (κ3) is 2.87. The van der Waals surface area contributed by atoms with Crippen LogP contribution in [-0.2, 0) is 11.3 Å². The van der Waals surface area contributed by atoms with Gasteiger partial charge in [0.1, 0.15) is 0 Å². The number of likely N-dealkylation sites (tertiary alicyclic amines) is 2. The van der Waals surface area contributed by atoms with Crippen molar-refractivity contribution in [3.63, 3.8) is 0 Å². The highest BCUT2D eigenvalue weighted by Crippen LogP contribution is 2.42. The molecule has 0 spiro atoms. The predicted octanol–water partition coefficient (Wildman–Crippen LogP) is 1.72. The molecule has 0 radical (unpaired) electrons. The van der Waals surface area contributed by atoms with Gasteiger partial charge in [0, 0.05) is 54.8 Å². The Hall–Kier alpha value is -0.910. The van der Waals surface area contributed by atoms with E-state index < -0.39 is 0 Å². The third-order valence-corrected chi connectivity index (χ3v) is 6.06. The molecule has 0 saturated carbocycles. The summed E-state index contributed by atoms with van der Waals surface area (Å²) >= 11 is 1.85. The Balaban J connectivity index is 1.71. The van der Waals surface area contributed by atoms with Crippen LogP contribution in [0.3, 0.4) is 0 Å². The Kier molecular flexibility index (Phi) is 4.08. The van der Waals surface area contributed by atoms with Gasteiger partial charge in [-0.2, -0.15) is 0 Å². The number of aryl methyl sites for hydroxylation is 1. The van der Waals surface area contributed by atoms with E-state index in [2.05, 4.69) is 24.0 Å². The van der Waals surface area contributed by atoms with Crippen molar-refractivity contribution in [2.75, 3.05) is 32.8 Å². The number of piperidine rings is 1. The Morgan fingerprint density at radius 2 is 2.29 bits per heavy atom. The first-order valence-corrected chi connectivity index (χ1v) is 8.48. The zero-order valence-corrected chi connectivity index (χ0v) is 13.7. The van der Waals surface area contributed by atoms with Gasteiger partial charge in [-0.15, -0.1) is 11.3 Å². The minimum atomic E-state index is -0.115. The van der Waals surface area contributed by atoms with E-state index in [1.807, 2.05) is 16.2 Å².